The Morgan fingerprint density at radius 3 is 2.52 bits per heavy atom. The zero-order valence-corrected chi connectivity index (χ0v) is 16.8. The highest BCUT2D eigenvalue weighted by Gasteiger charge is 2.25. The average molecular weight is 400 g/mol. The Kier molecular flexibility index (Phi) is 5.78. The van der Waals surface area contributed by atoms with Crippen LogP contribution in [0, 0.1) is 0 Å². The van der Waals surface area contributed by atoms with Gasteiger partial charge < -0.3 is 9.64 Å². The molecule has 0 amide bonds. The second-order valence-corrected chi connectivity index (χ2v) is 7.43. The lowest BCUT2D eigenvalue weighted by Gasteiger charge is -2.32. The highest BCUT2D eigenvalue weighted by molar-refractivity contribution is 5.76. The van der Waals surface area contributed by atoms with Gasteiger partial charge >= 0.3 is 6.55 Å². The molecule has 4 rings (SSSR count). The maximum Gasteiger partial charge on any atom is 0.320 e. The van der Waals surface area contributed by atoms with Gasteiger partial charge in [0.15, 0.2) is 0 Å². The van der Waals surface area contributed by atoms with Crippen molar-refractivity contribution in [2.45, 2.75) is 26.1 Å². The van der Waals surface area contributed by atoms with Gasteiger partial charge in [0, 0.05) is 25.3 Å². The zero-order chi connectivity index (χ0) is 20.4. The van der Waals surface area contributed by atoms with Crippen molar-refractivity contribution in [3.63, 3.8) is 0 Å². The monoisotopic (exact) mass is 400 g/mol. The number of benzene rings is 2. The fraction of sp³-hybridized carbons (Fsp3) is 0.409. The highest BCUT2D eigenvalue weighted by atomic mass is 19.3. The van der Waals surface area contributed by atoms with Gasteiger partial charge in [-0.05, 0) is 37.7 Å². The maximum atomic E-state index is 13.8. The first kappa shape index (κ1) is 19.8. The lowest BCUT2D eigenvalue weighted by atomic mass is 10.1. The molecule has 0 bridgehead atoms. The van der Waals surface area contributed by atoms with E-state index in [4.69, 9.17) is 4.74 Å². The van der Waals surface area contributed by atoms with Crippen molar-refractivity contribution in [2.24, 2.45) is 0 Å². The summed E-state index contributed by atoms with van der Waals surface area (Å²) in [6, 6.07) is 15.1. The van der Waals surface area contributed by atoms with Crippen molar-refractivity contribution in [3.8, 4) is 0 Å². The summed E-state index contributed by atoms with van der Waals surface area (Å²) in [5.74, 6) is 0.382. The van der Waals surface area contributed by atoms with E-state index < -0.39 is 6.55 Å². The molecule has 1 fully saturated rings. The van der Waals surface area contributed by atoms with E-state index in [9.17, 15) is 8.78 Å². The molecule has 2 aromatic carbocycles. The number of morpholine rings is 1. The van der Waals surface area contributed by atoms with Gasteiger partial charge in [0.2, 0.25) is 0 Å². The second kappa shape index (κ2) is 8.47. The summed E-state index contributed by atoms with van der Waals surface area (Å²) in [4.78, 5) is 8.92. The fourth-order valence-electron chi connectivity index (χ4n) is 3.92. The third kappa shape index (κ3) is 3.97. The van der Waals surface area contributed by atoms with Gasteiger partial charge in [-0.1, -0.05) is 30.3 Å². The van der Waals surface area contributed by atoms with Gasteiger partial charge in [-0.3, -0.25) is 9.47 Å². The number of fused-ring (bicyclic) bond motifs is 1. The zero-order valence-electron chi connectivity index (χ0n) is 16.8. The number of rotatable bonds is 6. The molecule has 154 valence electrons. The standard InChI is InChI=1S/C22H26F2N4O/c1-16(21-25-18-8-4-6-10-20(18)28(21)22(23)24)26(2)15-17-7-3-5-9-19(17)27-11-13-29-14-12-27/h3-10,16,22H,11-15H2,1-2H3. The predicted molar refractivity (Wildman–Crippen MR) is 110 cm³/mol. The molecule has 7 heteroatoms. The van der Waals surface area contributed by atoms with Gasteiger partial charge in [0.1, 0.15) is 5.82 Å². The molecule has 1 unspecified atom stereocenters. The van der Waals surface area contributed by atoms with Crippen LogP contribution in [0.2, 0.25) is 0 Å². The Morgan fingerprint density at radius 2 is 1.76 bits per heavy atom. The summed E-state index contributed by atoms with van der Waals surface area (Å²) in [5.41, 5.74) is 3.41. The van der Waals surface area contributed by atoms with Gasteiger partial charge in [0.25, 0.3) is 0 Å². The minimum Gasteiger partial charge on any atom is -0.378 e. The summed E-state index contributed by atoms with van der Waals surface area (Å²) in [6.45, 7) is 3.10. The maximum absolute atomic E-state index is 13.8. The molecule has 1 aliphatic heterocycles. The van der Waals surface area contributed by atoms with Crippen molar-refractivity contribution in [1.82, 2.24) is 14.5 Å². The van der Waals surface area contributed by atoms with Crippen molar-refractivity contribution in [2.75, 3.05) is 38.3 Å². The van der Waals surface area contributed by atoms with Crippen molar-refractivity contribution >= 4 is 16.7 Å². The third-order valence-electron chi connectivity index (χ3n) is 5.62. The quantitative estimate of drug-likeness (QED) is 0.612. The SMILES string of the molecule is CC(c1nc2ccccc2n1C(F)F)N(C)Cc1ccccc1N1CCOCC1. The summed E-state index contributed by atoms with van der Waals surface area (Å²) in [7, 11) is 1.95. The number of ether oxygens (including phenoxy) is 1. The van der Waals surface area contributed by atoms with Crippen molar-refractivity contribution in [1.29, 1.82) is 0 Å². The topological polar surface area (TPSA) is 33.5 Å². The van der Waals surface area contributed by atoms with Crippen LogP contribution in [0.5, 0.6) is 0 Å². The lowest BCUT2D eigenvalue weighted by molar-refractivity contribution is 0.0657. The number of hydrogen-bond acceptors (Lipinski definition) is 4. The molecular formula is C22H26F2N4O. The van der Waals surface area contributed by atoms with Gasteiger partial charge in [-0.2, -0.15) is 8.78 Å². The van der Waals surface area contributed by atoms with Crippen LogP contribution in [-0.4, -0.2) is 47.8 Å². The van der Waals surface area contributed by atoms with Crippen LogP contribution in [0.3, 0.4) is 0 Å². The Hall–Kier alpha value is -2.51. The summed E-state index contributed by atoms with van der Waals surface area (Å²) in [6.07, 6.45) is 0. The van der Waals surface area contributed by atoms with Gasteiger partial charge in [0.05, 0.1) is 30.3 Å². The number of alkyl halides is 2. The number of aromatic nitrogens is 2. The Bertz CT molecular complexity index is 968. The van der Waals surface area contributed by atoms with Gasteiger partial charge in [-0.25, -0.2) is 4.98 Å². The minimum absolute atomic E-state index is 0.269. The van der Waals surface area contributed by atoms with Crippen LogP contribution in [-0.2, 0) is 11.3 Å². The normalized spacial score (nSPS) is 16.1. The first-order valence-electron chi connectivity index (χ1n) is 9.92. The molecule has 0 radical (unpaired) electrons. The Balaban J connectivity index is 1.61. The number of imidazole rings is 1. The van der Waals surface area contributed by atoms with Crippen LogP contribution in [0.15, 0.2) is 48.5 Å². The first-order chi connectivity index (χ1) is 14.1. The van der Waals surface area contributed by atoms with Crippen LogP contribution in [0.1, 0.15) is 30.9 Å². The second-order valence-electron chi connectivity index (χ2n) is 7.43. The van der Waals surface area contributed by atoms with Gasteiger partial charge in [-0.15, -0.1) is 0 Å². The number of anilines is 1. The van der Waals surface area contributed by atoms with E-state index in [1.165, 1.54) is 11.3 Å². The third-order valence-corrected chi connectivity index (χ3v) is 5.62. The highest BCUT2D eigenvalue weighted by Crippen LogP contribution is 2.31. The predicted octanol–water partition coefficient (Wildman–Crippen LogP) is 4.46. The van der Waals surface area contributed by atoms with E-state index in [0.29, 0.717) is 23.4 Å². The Labute approximate surface area is 169 Å². The van der Waals surface area contributed by atoms with E-state index in [-0.39, 0.29) is 6.04 Å². The molecule has 0 N–H and O–H groups in total. The smallest absolute Gasteiger partial charge is 0.320 e. The molecule has 5 nitrogen and oxygen atoms in total. The lowest BCUT2D eigenvalue weighted by Crippen LogP contribution is -2.37. The molecule has 1 saturated heterocycles. The Morgan fingerprint density at radius 1 is 1.07 bits per heavy atom. The first-order valence-corrected chi connectivity index (χ1v) is 9.92. The van der Waals surface area contributed by atoms with Crippen LogP contribution >= 0.6 is 0 Å². The van der Waals surface area contributed by atoms with E-state index in [1.54, 1.807) is 18.2 Å². The van der Waals surface area contributed by atoms with E-state index >= 15 is 0 Å². The summed E-state index contributed by atoms with van der Waals surface area (Å²) < 4.78 is 34.2. The molecule has 29 heavy (non-hydrogen) atoms. The minimum atomic E-state index is -2.63. The summed E-state index contributed by atoms with van der Waals surface area (Å²) >= 11 is 0. The molecule has 2 heterocycles. The number of nitrogens with zero attached hydrogens (tertiary/aromatic N) is 4. The van der Waals surface area contributed by atoms with Crippen LogP contribution < -0.4 is 4.90 Å². The van der Waals surface area contributed by atoms with Crippen LogP contribution in [0.4, 0.5) is 14.5 Å². The molecule has 0 aliphatic carbocycles. The molecule has 1 aromatic heterocycles. The molecule has 0 spiro atoms. The number of para-hydroxylation sites is 3. The van der Waals surface area contributed by atoms with Crippen molar-refractivity contribution < 1.29 is 13.5 Å². The molecular weight excluding hydrogens is 374 g/mol. The van der Waals surface area contributed by atoms with E-state index in [2.05, 4.69) is 26.9 Å². The largest absolute Gasteiger partial charge is 0.378 e. The number of hydrogen-bond donors (Lipinski definition) is 0. The fourth-order valence-corrected chi connectivity index (χ4v) is 3.92. The van der Waals surface area contributed by atoms with E-state index in [0.717, 1.165) is 30.9 Å². The number of halogens is 2. The average Bonchev–Trinajstić information content (AvgIpc) is 3.14. The molecule has 3 aromatic rings. The molecule has 1 aliphatic rings. The van der Waals surface area contributed by atoms with Crippen LogP contribution in [0.25, 0.3) is 11.0 Å². The molecule has 1 atom stereocenters. The molecule has 0 saturated carbocycles. The van der Waals surface area contributed by atoms with E-state index in [1.807, 2.05) is 32.2 Å². The summed E-state index contributed by atoms with van der Waals surface area (Å²) in [5, 5.41) is 0. The van der Waals surface area contributed by atoms with Crippen molar-refractivity contribution in [3.05, 3.63) is 59.9 Å².